The second kappa shape index (κ2) is 37.7. The van der Waals surface area contributed by atoms with Crippen LogP contribution in [-0.2, 0) is 57.5 Å². The van der Waals surface area contributed by atoms with Crippen molar-refractivity contribution in [1.29, 1.82) is 0 Å². The van der Waals surface area contributed by atoms with Gasteiger partial charge in [0.2, 0.25) is 59.1 Å². The minimum absolute atomic E-state index is 0.0165. The fourth-order valence-electron chi connectivity index (χ4n) is 7.69. The van der Waals surface area contributed by atoms with Gasteiger partial charge < -0.3 is 102 Å². The highest BCUT2D eigenvalue weighted by Crippen LogP contribution is 2.12. The van der Waals surface area contributed by atoms with Crippen LogP contribution in [0, 0.1) is 17.8 Å². The van der Waals surface area contributed by atoms with Crippen molar-refractivity contribution >= 4 is 77.0 Å². The van der Waals surface area contributed by atoms with E-state index in [4.69, 9.17) is 22.9 Å². The number of hydrogen-bond donors (Lipinski definition) is 19. The van der Waals surface area contributed by atoms with Gasteiger partial charge in [-0.3, -0.25) is 57.7 Å². The molecular formula is C50H91N15O17. The number of carbonyl (C=O) groups excluding carboxylic acids is 10. The quantitative estimate of drug-likeness (QED) is 0.0155. The van der Waals surface area contributed by atoms with Crippen LogP contribution in [-0.4, -0.2) is 201 Å². The number of aliphatic hydroxyl groups is 3. The molecule has 82 heavy (non-hydrogen) atoms. The number of rotatable bonds is 39. The number of aliphatic imine (C=N–C) groups is 1. The zero-order valence-corrected chi connectivity index (χ0v) is 48.4. The standard InChI is InChI=1S/C50H91N15O17/c1-22(2)18-31(59-40(72)25(7)52)45(77)64-39(28(10)68)48(80)65-38(27(9)67)47(79)61-33(20-35(70)71)43(75)58-29(15-13-17-55-50(53)54)41(73)56-21-34(69)57-30(14-11-12-16-51)42(74)63-37(26(8)66)46(78)60-32(19-23(3)4)44(76)62-36(24(5)6)49(81)82/h22-33,36-39,66-68H,11-21,51-52H2,1-10H3,(H,56,73)(H,57,69)(H,58,75)(H,59,72)(H,60,78)(H,61,79)(H,62,76)(H,63,74)(H,64,77)(H,65,80)(H,70,71)(H,81,82)(H4,53,54,55)/t25-,26+,27+,28+,29-,30-,31-,32-,33-,36-,37-,38-,39-/m0/s1. The summed E-state index contributed by atoms with van der Waals surface area (Å²) in [6.45, 7) is 14.1. The highest BCUT2D eigenvalue weighted by Gasteiger charge is 2.38. The Bertz CT molecular complexity index is 2190. The molecule has 0 aliphatic carbocycles. The molecule has 0 aromatic rings. The van der Waals surface area contributed by atoms with E-state index < -0.39 is 169 Å². The van der Waals surface area contributed by atoms with Crippen LogP contribution in [0.4, 0.5) is 0 Å². The SMILES string of the molecule is CC(C)C[C@H](NC(=O)[C@H](C)N)C(=O)N[C@H](C(=O)N[C@H](C(=O)N[C@@H](CC(=O)O)C(=O)N[C@@H](CCCN=C(N)N)C(=O)NCC(=O)N[C@@H](CCCCN)C(=O)N[C@H](C(=O)N[C@@H](CC(C)C)C(=O)N[C@H](C(=O)O)C(C)C)[C@@H](C)O)[C@@H](C)O)[C@@H](C)O. The molecule has 0 saturated carbocycles. The van der Waals surface area contributed by atoms with Gasteiger partial charge in [-0.05, 0) is 96.9 Å². The smallest absolute Gasteiger partial charge is 0.326 e. The van der Waals surface area contributed by atoms with Crippen molar-refractivity contribution in [2.24, 2.45) is 45.7 Å². The molecule has 0 fully saturated rings. The zero-order chi connectivity index (χ0) is 63.3. The lowest BCUT2D eigenvalue weighted by atomic mass is 9.99. The number of nitrogens with one attached hydrogen (secondary N) is 10. The van der Waals surface area contributed by atoms with Crippen LogP contribution in [0.2, 0.25) is 0 Å². The van der Waals surface area contributed by atoms with Crippen LogP contribution in [0.5, 0.6) is 0 Å². The maximum atomic E-state index is 13.8. The van der Waals surface area contributed by atoms with Crippen LogP contribution < -0.4 is 76.1 Å². The summed E-state index contributed by atoms with van der Waals surface area (Å²) in [6, 6.07) is -15.4. The number of hydrogen-bond acceptors (Lipinski definition) is 18. The Morgan fingerprint density at radius 2 is 0.829 bits per heavy atom. The molecule has 0 unspecified atom stereocenters. The minimum Gasteiger partial charge on any atom is -0.481 e. The monoisotopic (exact) mass is 1170 g/mol. The molecule has 0 saturated heterocycles. The highest BCUT2D eigenvalue weighted by molar-refractivity contribution is 5.99. The molecule has 23 N–H and O–H groups in total. The molecule has 0 heterocycles. The number of nitrogens with two attached hydrogens (primary N) is 4. The first kappa shape index (κ1) is 74.7. The average Bonchev–Trinajstić information content (AvgIpc) is 3.46. The summed E-state index contributed by atoms with van der Waals surface area (Å²) >= 11 is 0. The number of aliphatic hydroxyl groups excluding tert-OH is 3. The van der Waals surface area contributed by atoms with Crippen molar-refractivity contribution in [3.05, 3.63) is 0 Å². The van der Waals surface area contributed by atoms with E-state index in [2.05, 4.69) is 58.2 Å². The maximum absolute atomic E-state index is 13.8. The predicted molar refractivity (Wildman–Crippen MR) is 296 cm³/mol. The van der Waals surface area contributed by atoms with Gasteiger partial charge in [-0.25, -0.2) is 4.79 Å². The van der Waals surface area contributed by atoms with E-state index in [-0.39, 0.29) is 69.4 Å². The van der Waals surface area contributed by atoms with E-state index >= 15 is 0 Å². The van der Waals surface area contributed by atoms with Crippen molar-refractivity contribution in [2.45, 2.75) is 199 Å². The van der Waals surface area contributed by atoms with E-state index in [1.54, 1.807) is 41.5 Å². The summed E-state index contributed by atoms with van der Waals surface area (Å²) in [6.07, 6.45) is -5.76. The van der Waals surface area contributed by atoms with Gasteiger partial charge in [0.05, 0.1) is 37.3 Å². The Balaban J connectivity index is 6.58. The van der Waals surface area contributed by atoms with Crippen molar-refractivity contribution in [3.8, 4) is 0 Å². The highest BCUT2D eigenvalue weighted by atomic mass is 16.4. The predicted octanol–water partition coefficient (Wildman–Crippen LogP) is -6.55. The molecule has 0 aromatic heterocycles. The molecule has 0 aromatic carbocycles. The van der Waals surface area contributed by atoms with Gasteiger partial charge in [0, 0.05) is 6.54 Å². The van der Waals surface area contributed by atoms with E-state index in [1.807, 2.05) is 0 Å². The van der Waals surface area contributed by atoms with E-state index in [9.17, 15) is 83.1 Å². The lowest BCUT2D eigenvalue weighted by Gasteiger charge is -2.29. The van der Waals surface area contributed by atoms with Crippen LogP contribution in [0.1, 0.15) is 121 Å². The van der Waals surface area contributed by atoms with Crippen molar-refractivity contribution in [2.75, 3.05) is 19.6 Å². The molecule has 0 aliphatic heterocycles. The molecule has 468 valence electrons. The molecule has 0 aliphatic rings. The molecule has 0 spiro atoms. The van der Waals surface area contributed by atoms with Crippen LogP contribution >= 0.6 is 0 Å². The number of unbranched alkanes of at least 4 members (excludes halogenated alkanes) is 1. The van der Waals surface area contributed by atoms with E-state index in [0.717, 1.165) is 13.8 Å². The Morgan fingerprint density at radius 3 is 1.23 bits per heavy atom. The normalized spacial score (nSPS) is 16.0. The van der Waals surface area contributed by atoms with Crippen molar-refractivity contribution in [1.82, 2.24) is 53.2 Å². The Kier molecular flexibility index (Phi) is 34.3. The van der Waals surface area contributed by atoms with Gasteiger partial charge in [-0.15, -0.1) is 0 Å². The molecule has 13 atom stereocenters. The van der Waals surface area contributed by atoms with Crippen LogP contribution in [0.15, 0.2) is 4.99 Å². The Morgan fingerprint density at radius 1 is 0.451 bits per heavy atom. The van der Waals surface area contributed by atoms with E-state index in [0.29, 0.717) is 6.42 Å². The third-order valence-electron chi connectivity index (χ3n) is 12.1. The first-order valence-electron chi connectivity index (χ1n) is 27.0. The van der Waals surface area contributed by atoms with Gasteiger partial charge in [0.15, 0.2) is 5.96 Å². The fraction of sp³-hybridized carbons (Fsp3) is 0.740. The second-order valence-corrected chi connectivity index (χ2v) is 21.2. The number of aliphatic carboxylic acids is 2. The molecule has 32 heteroatoms. The van der Waals surface area contributed by atoms with Crippen molar-refractivity contribution in [3.63, 3.8) is 0 Å². The minimum atomic E-state index is -2.02. The third-order valence-corrected chi connectivity index (χ3v) is 12.1. The Labute approximate surface area is 476 Å². The molecule has 32 nitrogen and oxygen atoms in total. The second-order valence-electron chi connectivity index (χ2n) is 21.2. The van der Waals surface area contributed by atoms with Crippen molar-refractivity contribution < 1.29 is 83.1 Å². The Hall–Kier alpha value is -7.29. The zero-order valence-electron chi connectivity index (χ0n) is 48.4. The summed E-state index contributed by atoms with van der Waals surface area (Å²) in [7, 11) is 0. The number of amides is 10. The first-order valence-corrected chi connectivity index (χ1v) is 27.0. The number of guanidine groups is 1. The fourth-order valence-corrected chi connectivity index (χ4v) is 7.69. The summed E-state index contributed by atoms with van der Waals surface area (Å²) in [5.74, 6) is -14.5. The van der Waals surface area contributed by atoms with Gasteiger partial charge in [-0.1, -0.05) is 41.5 Å². The third kappa shape index (κ3) is 28.9. The molecule has 0 bridgehead atoms. The van der Waals surface area contributed by atoms with Gasteiger partial charge in [0.1, 0.15) is 54.4 Å². The van der Waals surface area contributed by atoms with E-state index in [1.165, 1.54) is 13.8 Å². The molecule has 10 amide bonds. The molecule has 0 radical (unpaired) electrons. The number of carbonyl (C=O) groups is 12. The van der Waals surface area contributed by atoms with Crippen LogP contribution in [0.25, 0.3) is 0 Å². The largest absolute Gasteiger partial charge is 0.481 e. The van der Waals surface area contributed by atoms with Gasteiger partial charge in [0.25, 0.3) is 0 Å². The van der Waals surface area contributed by atoms with Crippen LogP contribution in [0.3, 0.4) is 0 Å². The first-order chi connectivity index (χ1) is 38.0. The lowest BCUT2D eigenvalue weighted by molar-refractivity contribution is -0.144. The number of nitrogens with zero attached hydrogens (tertiary/aromatic N) is 1. The maximum Gasteiger partial charge on any atom is 0.326 e. The van der Waals surface area contributed by atoms with Gasteiger partial charge >= 0.3 is 11.9 Å². The number of carboxylic acids is 2. The number of carboxylic acid groups (broad SMARTS) is 2. The van der Waals surface area contributed by atoms with Gasteiger partial charge in [-0.2, -0.15) is 0 Å². The lowest BCUT2D eigenvalue weighted by Crippen LogP contribution is -2.63. The summed E-state index contributed by atoms with van der Waals surface area (Å²) in [4.78, 5) is 162. The summed E-state index contributed by atoms with van der Waals surface area (Å²) < 4.78 is 0. The molecule has 0 rings (SSSR count). The summed E-state index contributed by atoms with van der Waals surface area (Å²) in [5, 5.41) is 74.5. The summed E-state index contributed by atoms with van der Waals surface area (Å²) in [5.41, 5.74) is 22.1. The molecular weight excluding hydrogens is 1080 g/mol. The topological polar surface area (TPSA) is 543 Å². The average molecular weight is 1170 g/mol.